The number of nitrogens with zero attached hydrogens (tertiary/aromatic N) is 3. The fraction of sp³-hybridized carbons (Fsp3) is 0.524. The Morgan fingerprint density at radius 1 is 1.12 bits per heavy atom. The largest absolute Gasteiger partial charge is 0.346 e. The average molecular weight is 339 g/mol. The zero-order valence-electron chi connectivity index (χ0n) is 16.1. The van der Waals surface area contributed by atoms with Crippen LogP contribution in [-0.4, -0.2) is 20.1 Å². The smallest absolute Gasteiger partial charge is 0.189 e. The summed E-state index contributed by atoms with van der Waals surface area (Å²) in [5.41, 5.74) is 6.15. The Hall–Kier alpha value is -2.10. The normalized spacial score (nSPS) is 16.0. The van der Waals surface area contributed by atoms with Crippen LogP contribution in [0.25, 0.3) is 6.08 Å². The Labute approximate surface area is 150 Å². The Morgan fingerprint density at radius 3 is 2.40 bits per heavy atom. The van der Waals surface area contributed by atoms with Gasteiger partial charge in [0.1, 0.15) is 0 Å². The number of aryl methyl sites for hydroxylation is 3. The molecule has 1 aliphatic carbocycles. The van der Waals surface area contributed by atoms with Gasteiger partial charge in [-0.05, 0) is 64.3 Å². The van der Waals surface area contributed by atoms with Crippen molar-refractivity contribution in [1.29, 1.82) is 0 Å². The number of allylic oxidation sites excluding steroid dienone is 1. The molecule has 1 aliphatic rings. The first-order valence-corrected chi connectivity index (χ1v) is 9.31. The third kappa shape index (κ3) is 3.35. The minimum Gasteiger partial charge on any atom is -0.346 e. The zero-order valence-corrected chi connectivity index (χ0v) is 16.1. The Morgan fingerprint density at radius 2 is 1.80 bits per heavy atom. The Kier molecular flexibility index (Phi) is 4.98. The highest BCUT2D eigenvalue weighted by molar-refractivity contribution is 6.08. The predicted octanol–water partition coefficient (Wildman–Crippen LogP) is 4.86. The maximum Gasteiger partial charge on any atom is 0.189 e. The fourth-order valence-corrected chi connectivity index (χ4v) is 4.25. The van der Waals surface area contributed by atoms with Gasteiger partial charge in [0.2, 0.25) is 0 Å². The lowest BCUT2D eigenvalue weighted by Crippen LogP contribution is -2.15. The number of carbonyl (C=O) groups is 1. The van der Waals surface area contributed by atoms with Crippen LogP contribution in [0, 0.1) is 27.7 Å². The molecule has 25 heavy (non-hydrogen) atoms. The van der Waals surface area contributed by atoms with Gasteiger partial charge >= 0.3 is 0 Å². The lowest BCUT2D eigenvalue weighted by atomic mass is 9.95. The van der Waals surface area contributed by atoms with Gasteiger partial charge in [0.15, 0.2) is 5.78 Å². The van der Waals surface area contributed by atoms with E-state index in [1.807, 2.05) is 27.0 Å². The van der Waals surface area contributed by atoms with Gasteiger partial charge in [-0.3, -0.25) is 9.48 Å². The number of rotatable bonds is 4. The van der Waals surface area contributed by atoms with Crippen molar-refractivity contribution >= 4 is 11.9 Å². The van der Waals surface area contributed by atoms with Crippen molar-refractivity contribution in [1.82, 2.24) is 14.3 Å². The van der Waals surface area contributed by atoms with Crippen molar-refractivity contribution < 1.29 is 4.79 Å². The molecule has 0 amide bonds. The standard InChI is InChI=1S/C21H29N3O/c1-14-13-18(16(3)24(14)19-9-7-6-8-10-19)11-12-20(25)21-15(2)22-23(5)17(21)4/h11-13,19H,6-10H2,1-5H3. The highest BCUT2D eigenvalue weighted by atomic mass is 16.1. The molecular weight excluding hydrogens is 310 g/mol. The van der Waals surface area contributed by atoms with Crippen LogP contribution >= 0.6 is 0 Å². The van der Waals surface area contributed by atoms with Crippen LogP contribution in [0.15, 0.2) is 12.1 Å². The third-order valence-electron chi connectivity index (χ3n) is 5.63. The van der Waals surface area contributed by atoms with Crippen LogP contribution in [0.4, 0.5) is 0 Å². The van der Waals surface area contributed by atoms with E-state index >= 15 is 0 Å². The van der Waals surface area contributed by atoms with E-state index in [1.54, 1.807) is 10.8 Å². The summed E-state index contributed by atoms with van der Waals surface area (Å²) in [6.07, 6.45) is 10.2. The van der Waals surface area contributed by atoms with E-state index in [-0.39, 0.29) is 5.78 Å². The number of ketones is 1. The van der Waals surface area contributed by atoms with E-state index in [9.17, 15) is 4.79 Å². The van der Waals surface area contributed by atoms with Crippen LogP contribution < -0.4 is 0 Å². The maximum atomic E-state index is 12.6. The Balaban J connectivity index is 1.85. The first-order valence-electron chi connectivity index (χ1n) is 9.31. The van der Waals surface area contributed by atoms with Crippen molar-refractivity contribution in [2.75, 3.05) is 0 Å². The van der Waals surface area contributed by atoms with Gasteiger partial charge in [-0.2, -0.15) is 5.10 Å². The third-order valence-corrected chi connectivity index (χ3v) is 5.63. The van der Waals surface area contributed by atoms with Crippen molar-refractivity contribution in [2.45, 2.75) is 65.8 Å². The summed E-state index contributed by atoms with van der Waals surface area (Å²) in [4.78, 5) is 12.6. The minimum absolute atomic E-state index is 0.0329. The number of hydrogen-bond donors (Lipinski definition) is 0. The van der Waals surface area contributed by atoms with Crippen LogP contribution in [0.2, 0.25) is 0 Å². The van der Waals surface area contributed by atoms with Crippen molar-refractivity contribution in [3.05, 3.63) is 46.0 Å². The molecule has 0 saturated heterocycles. The van der Waals surface area contributed by atoms with Gasteiger partial charge in [-0.1, -0.05) is 19.3 Å². The van der Waals surface area contributed by atoms with Crippen molar-refractivity contribution in [3.8, 4) is 0 Å². The molecule has 2 aromatic rings. The summed E-state index contributed by atoms with van der Waals surface area (Å²) >= 11 is 0. The molecule has 0 aliphatic heterocycles. The molecule has 1 fully saturated rings. The molecule has 4 heteroatoms. The highest BCUT2D eigenvalue weighted by Crippen LogP contribution is 2.32. The molecule has 0 aromatic carbocycles. The first-order chi connectivity index (χ1) is 11.9. The predicted molar refractivity (Wildman–Crippen MR) is 102 cm³/mol. The highest BCUT2D eigenvalue weighted by Gasteiger charge is 2.20. The molecule has 1 saturated carbocycles. The molecular formula is C21H29N3O. The van der Waals surface area contributed by atoms with Crippen LogP contribution in [0.5, 0.6) is 0 Å². The summed E-state index contributed by atoms with van der Waals surface area (Å²) in [5, 5.41) is 4.34. The molecule has 4 nitrogen and oxygen atoms in total. The van der Waals surface area contributed by atoms with Crippen molar-refractivity contribution in [3.63, 3.8) is 0 Å². The molecule has 134 valence electrons. The Bertz CT molecular complexity index is 817. The van der Waals surface area contributed by atoms with Gasteiger partial charge < -0.3 is 4.57 Å². The topological polar surface area (TPSA) is 39.8 Å². The minimum atomic E-state index is 0.0329. The van der Waals surface area contributed by atoms with E-state index in [0.717, 1.165) is 22.5 Å². The second-order valence-electron chi connectivity index (χ2n) is 7.36. The number of hydrogen-bond acceptors (Lipinski definition) is 2. The summed E-state index contributed by atoms with van der Waals surface area (Å²) < 4.78 is 4.25. The number of carbonyl (C=O) groups excluding carboxylic acids is 1. The second-order valence-corrected chi connectivity index (χ2v) is 7.36. The van der Waals surface area contributed by atoms with Gasteiger partial charge in [-0.15, -0.1) is 0 Å². The summed E-state index contributed by atoms with van der Waals surface area (Å²) in [7, 11) is 1.88. The lowest BCUT2D eigenvalue weighted by Gasteiger charge is -2.26. The maximum absolute atomic E-state index is 12.6. The lowest BCUT2D eigenvalue weighted by molar-refractivity contribution is 0.104. The molecule has 2 heterocycles. The van der Waals surface area contributed by atoms with Crippen molar-refractivity contribution in [2.24, 2.45) is 7.05 Å². The molecule has 0 spiro atoms. The summed E-state index contributed by atoms with van der Waals surface area (Å²) in [5.74, 6) is 0.0329. The van der Waals surface area contributed by atoms with Crippen LogP contribution in [0.1, 0.15) is 76.8 Å². The second kappa shape index (κ2) is 7.03. The SMILES string of the molecule is Cc1nn(C)c(C)c1C(=O)C=Cc1cc(C)n(C2CCCCC2)c1C. The van der Waals surface area contributed by atoms with E-state index in [4.69, 9.17) is 0 Å². The summed E-state index contributed by atoms with van der Waals surface area (Å²) in [6.45, 7) is 8.18. The average Bonchev–Trinajstić information content (AvgIpc) is 3.01. The van der Waals surface area contributed by atoms with Crippen LogP contribution in [0.3, 0.4) is 0 Å². The van der Waals surface area contributed by atoms with E-state index in [0.29, 0.717) is 6.04 Å². The monoisotopic (exact) mass is 339 g/mol. The van der Waals surface area contributed by atoms with Crippen LogP contribution in [-0.2, 0) is 7.05 Å². The molecule has 3 rings (SSSR count). The molecule has 0 N–H and O–H groups in total. The molecule has 0 atom stereocenters. The van der Waals surface area contributed by atoms with E-state index in [2.05, 4.69) is 29.6 Å². The van der Waals surface area contributed by atoms with Gasteiger partial charge in [0, 0.05) is 30.2 Å². The van der Waals surface area contributed by atoms with E-state index < -0.39 is 0 Å². The van der Waals surface area contributed by atoms with Gasteiger partial charge in [-0.25, -0.2) is 0 Å². The first kappa shape index (κ1) is 17.7. The quantitative estimate of drug-likeness (QED) is 0.590. The van der Waals surface area contributed by atoms with Gasteiger partial charge in [0.05, 0.1) is 11.3 Å². The number of aromatic nitrogens is 3. The zero-order chi connectivity index (χ0) is 18.1. The molecule has 0 radical (unpaired) electrons. The molecule has 0 unspecified atom stereocenters. The van der Waals surface area contributed by atoms with E-state index in [1.165, 1.54) is 43.5 Å². The fourth-order valence-electron chi connectivity index (χ4n) is 4.25. The molecule has 2 aromatic heterocycles. The van der Waals surface area contributed by atoms with Gasteiger partial charge in [0.25, 0.3) is 0 Å². The summed E-state index contributed by atoms with van der Waals surface area (Å²) in [6, 6.07) is 2.82. The molecule has 0 bridgehead atoms.